The highest BCUT2D eigenvalue weighted by Crippen LogP contribution is 2.57. The maximum absolute atomic E-state index is 11.4. The summed E-state index contributed by atoms with van der Waals surface area (Å²) >= 11 is 3.71. The predicted molar refractivity (Wildman–Crippen MR) is 203 cm³/mol. The summed E-state index contributed by atoms with van der Waals surface area (Å²) in [4.78, 5) is 22.8. The van der Waals surface area contributed by atoms with Gasteiger partial charge >= 0.3 is 0 Å². The van der Waals surface area contributed by atoms with Gasteiger partial charge in [0.15, 0.2) is 0 Å². The summed E-state index contributed by atoms with van der Waals surface area (Å²) in [6.45, 7) is 2.56. The lowest BCUT2D eigenvalue weighted by atomic mass is 9.67. The molecule has 0 bridgehead atoms. The van der Waals surface area contributed by atoms with Crippen molar-refractivity contribution in [2.24, 2.45) is 0 Å². The molecular weight excluding hydrogens is 728 g/mol. The van der Waals surface area contributed by atoms with Crippen LogP contribution in [0.4, 0.5) is 0 Å². The minimum Gasteiger partial charge on any atom is -0.463 e. The first-order valence-electron chi connectivity index (χ1n) is 15.5. The Bertz CT molecular complexity index is 2420. The molecule has 4 aromatic carbocycles. The van der Waals surface area contributed by atoms with Crippen molar-refractivity contribution in [3.05, 3.63) is 116 Å². The van der Waals surface area contributed by atoms with E-state index in [2.05, 4.69) is 130 Å². The number of carbonyl (C=O) groups excluding carboxylic acids is 2. The molecule has 7 heteroatoms. The zero-order valence-electron chi connectivity index (χ0n) is 28.0. The molecule has 0 aromatic heterocycles. The molecule has 53 heavy (non-hydrogen) atoms. The fraction of sp³-hybridized carbons (Fsp3) is 0.0870. The van der Waals surface area contributed by atoms with Crippen LogP contribution in [-0.4, -0.2) is 12.9 Å². The lowest BCUT2D eigenvalue weighted by Crippen LogP contribution is -2.29. The third-order valence-corrected chi connectivity index (χ3v) is 8.42. The highest BCUT2D eigenvalue weighted by Gasteiger charge is 2.47. The van der Waals surface area contributed by atoms with Crippen LogP contribution in [0.2, 0.25) is 0 Å². The Labute approximate surface area is 316 Å². The van der Waals surface area contributed by atoms with Crippen LogP contribution in [-0.2, 0) is 37.7 Å². The van der Waals surface area contributed by atoms with E-state index in [0.717, 1.165) is 43.4 Å². The second-order valence-electron chi connectivity index (χ2n) is 10.9. The molecule has 0 N–H and O–H groups in total. The Morgan fingerprint density at radius 3 is 1.58 bits per heavy atom. The number of benzene rings is 4. The van der Waals surface area contributed by atoms with Gasteiger partial charge in [-0.3, -0.25) is 9.59 Å². The van der Waals surface area contributed by atoms with Crippen molar-refractivity contribution in [2.75, 3.05) is 0 Å². The largest absolute Gasteiger partial charge is 0.463 e. The summed E-state index contributed by atoms with van der Waals surface area (Å²) in [5, 5.41) is 0. The van der Waals surface area contributed by atoms with Crippen molar-refractivity contribution in [1.82, 2.24) is 0 Å². The van der Waals surface area contributed by atoms with Crippen molar-refractivity contribution in [3.63, 3.8) is 0 Å². The Balaban J connectivity index is 1.75. The Morgan fingerprint density at radius 1 is 0.604 bits per heavy atom. The fourth-order valence-corrected chi connectivity index (χ4v) is 6.33. The van der Waals surface area contributed by atoms with E-state index in [4.69, 9.17) is 31.8 Å². The molecule has 0 saturated heterocycles. The van der Waals surface area contributed by atoms with Crippen LogP contribution in [0.1, 0.15) is 38.9 Å². The van der Waals surface area contributed by atoms with Crippen molar-refractivity contribution in [3.8, 4) is 119 Å². The first kappa shape index (κ1) is 36.7. The predicted octanol–water partition coefficient (Wildman–Crippen LogP) is 6.43. The number of carbonyl (C=O) groups is 2. The smallest absolute Gasteiger partial charge is 0.293 e. The summed E-state index contributed by atoms with van der Waals surface area (Å²) in [6.07, 6.45) is 15.3. The minimum atomic E-state index is -0.941. The van der Waals surface area contributed by atoms with Gasteiger partial charge in [0.1, 0.15) is 36.9 Å². The van der Waals surface area contributed by atoms with E-state index >= 15 is 0 Å². The maximum Gasteiger partial charge on any atom is 0.293 e. The van der Waals surface area contributed by atoms with Crippen LogP contribution in [0.5, 0.6) is 11.5 Å². The topological polar surface area (TPSA) is 71.1 Å². The molecule has 1 aliphatic carbocycles. The van der Waals surface area contributed by atoms with Gasteiger partial charge in [-0.25, -0.2) is 0 Å². The number of aryl methyl sites for hydroxylation is 1. The highest BCUT2D eigenvalue weighted by molar-refractivity contribution is 9.10. The molecule has 1 aliphatic rings. The van der Waals surface area contributed by atoms with Gasteiger partial charge in [0, 0.05) is 51.1 Å². The van der Waals surface area contributed by atoms with E-state index in [-0.39, 0.29) is 13.2 Å². The van der Waals surface area contributed by atoms with Gasteiger partial charge in [0.2, 0.25) is 0 Å². The number of terminal acetylenes is 2. The molecule has 0 spiro atoms. The van der Waals surface area contributed by atoms with Crippen LogP contribution in [0.25, 0.3) is 11.1 Å². The van der Waals surface area contributed by atoms with E-state index in [0.29, 0.717) is 35.6 Å². The van der Waals surface area contributed by atoms with Gasteiger partial charge in [0.25, 0.3) is 12.9 Å². The summed E-state index contributed by atoms with van der Waals surface area (Å²) in [6, 6.07) is 23.7. The second kappa shape index (κ2) is 17.9. The normalized spacial score (nSPS) is 10.3. The maximum atomic E-state index is 11.4. The molecule has 0 atom stereocenters. The Kier molecular flexibility index (Phi) is 12.4. The third kappa shape index (κ3) is 8.24. The van der Waals surface area contributed by atoms with Crippen LogP contribution in [0.3, 0.4) is 0 Å². The SMILES string of the molecule is C#CC#CC#CC#COc1ccc(C2(c3ccc(OC#CC#CC#CC#C)c(COC=O)c3)c3cc(C)ccc3-c3ccc(Br)cc32)cc1COC=O. The van der Waals surface area contributed by atoms with Crippen molar-refractivity contribution in [2.45, 2.75) is 25.6 Å². The van der Waals surface area contributed by atoms with Crippen LogP contribution < -0.4 is 9.47 Å². The summed E-state index contributed by atoms with van der Waals surface area (Å²) in [5.41, 5.74) is 6.89. The van der Waals surface area contributed by atoms with E-state index in [1.807, 2.05) is 37.3 Å². The number of hydrogen-bond donors (Lipinski definition) is 0. The van der Waals surface area contributed by atoms with Crippen molar-refractivity contribution in [1.29, 1.82) is 0 Å². The highest BCUT2D eigenvalue weighted by atomic mass is 79.9. The van der Waals surface area contributed by atoms with Gasteiger partial charge in [0.05, 0.1) is 5.41 Å². The summed E-state index contributed by atoms with van der Waals surface area (Å²) < 4.78 is 22.9. The molecular formula is C46H23BrO6. The van der Waals surface area contributed by atoms with Crippen molar-refractivity contribution >= 4 is 28.9 Å². The standard InChI is InChI=1S/C46H23BrO6/c1-4-6-8-10-12-14-24-52-44-22-17-37(27-35(44)30-50-32-48)46(42-26-34(3)16-20-40(42)41-21-19-39(47)29-43(41)46)38-18-23-45(36(28-38)31-51-33-49)53-25-15-13-11-9-7-5-2/h1-2,16-23,26-29,32-33H,30-31H2,3H3. The fourth-order valence-electron chi connectivity index (χ4n) is 5.97. The monoisotopic (exact) mass is 750 g/mol. The van der Waals surface area contributed by atoms with Crippen molar-refractivity contribution < 1.29 is 28.5 Å². The first-order valence-corrected chi connectivity index (χ1v) is 16.3. The van der Waals surface area contributed by atoms with Gasteiger partial charge in [-0.05, 0) is 112 Å². The molecule has 250 valence electrons. The second-order valence-corrected chi connectivity index (χ2v) is 11.8. The third-order valence-electron chi connectivity index (χ3n) is 7.92. The molecule has 6 nitrogen and oxygen atoms in total. The molecule has 0 heterocycles. The molecule has 0 unspecified atom stereocenters. The van der Waals surface area contributed by atoms with Gasteiger partial charge in [-0.15, -0.1) is 12.8 Å². The molecule has 5 rings (SSSR count). The number of halogens is 1. The molecule has 0 amide bonds. The van der Waals surface area contributed by atoms with Crippen LogP contribution in [0.15, 0.2) is 77.3 Å². The summed E-state index contributed by atoms with van der Waals surface area (Å²) in [7, 11) is 0. The number of rotatable bonds is 10. The minimum absolute atomic E-state index is 0.100. The van der Waals surface area contributed by atoms with Crippen LogP contribution >= 0.6 is 15.9 Å². The van der Waals surface area contributed by atoms with Gasteiger partial charge in [-0.1, -0.05) is 57.9 Å². The van der Waals surface area contributed by atoms with E-state index in [1.165, 1.54) is 0 Å². The zero-order chi connectivity index (χ0) is 37.5. The number of fused-ring (bicyclic) bond motifs is 3. The molecule has 0 saturated carbocycles. The Hall–Kier alpha value is -7.62. The van der Waals surface area contributed by atoms with E-state index in [1.54, 1.807) is 12.1 Å². The van der Waals surface area contributed by atoms with E-state index in [9.17, 15) is 9.59 Å². The average molecular weight is 752 g/mol. The van der Waals surface area contributed by atoms with Crippen LogP contribution in [0, 0.1) is 103 Å². The van der Waals surface area contributed by atoms with Gasteiger partial charge < -0.3 is 18.9 Å². The molecule has 0 radical (unpaired) electrons. The molecule has 0 aliphatic heterocycles. The number of ether oxygens (including phenoxy) is 4. The lowest BCUT2D eigenvalue weighted by molar-refractivity contribution is -0.130. The molecule has 4 aromatic rings. The number of hydrogen-bond acceptors (Lipinski definition) is 6. The zero-order valence-corrected chi connectivity index (χ0v) is 29.6. The first-order chi connectivity index (χ1) is 26.0. The quantitative estimate of drug-likeness (QED) is 0.121. The Morgan fingerprint density at radius 2 is 1.08 bits per heavy atom. The summed E-state index contributed by atoms with van der Waals surface area (Å²) in [5.74, 6) is 30.1. The van der Waals surface area contributed by atoms with E-state index < -0.39 is 5.41 Å². The lowest BCUT2D eigenvalue weighted by Gasteiger charge is -2.35. The average Bonchev–Trinajstić information content (AvgIpc) is 3.45. The van der Waals surface area contributed by atoms with Gasteiger partial charge in [-0.2, -0.15) is 0 Å². The molecule has 0 fully saturated rings.